The molecule has 0 bridgehead atoms. The fraction of sp³-hybridized carbons (Fsp3) is 0.188. The van der Waals surface area contributed by atoms with Crippen molar-refractivity contribution in [1.82, 2.24) is 5.32 Å². The summed E-state index contributed by atoms with van der Waals surface area (Å²) < 4.78 is 5.17. The van der Waals surface area contributed by atoms with Crippen LogP contribution in [0.1, 0.15) is 18.5 Å². The lowest BCUT2D eigenvalue weighted by molar-refractivity contribution is -0.384. The van der Waals surface area contributed by atoms with E-state index in [1.807, 2.05) is 37.3 Å². The molecule has 0 heterocycles. The highest BCUT2D eigenvalue weighted by Gasteiger charge is 2.13. The lowest BCUT2D eigenvalue weighted by atomic mass is 10.1. The van der Waals surface area contributed by atoms with Crippen molar-refractivity contribution >= 4 is 28.7 Å². The fourth-order valence-electron chi connectivity index (χ4n) is 2.08. The molecular weight excluding hydrogens is 314 g/mol. The van der Waals surface area contributed by atoms with Gasteiger partial charge in [0, 0.05) is 6.07 Å². The summed E-state index contributed by atoms with van der Waals surface area (Å²) in [6.45, 7) is 2.00. The molecule has 1 unspecified atom stereocenters. The van der Waals surface area contributed by atoms with E-state index in [4.69, 9.17) is 17.0 Å². The van der Waals surface area contributed by atoms with Gasteiger partial charge in [0.2, 0.25) is 0 Å². The van der Waals surface area contributed by atoms with Crippen molar-refractivity contribution in [3.8, 4) is 5.75 Å². The minimum absolute atomic E-state index is 0.0280. The second-order valence-electron chi connectivity index (χ2n) is 4.87. The summed E-state index contributed by atoms with van der Waals surface area (Å²) in [5, 5.41) is 17.4. The molecule has 2 N–H and O–H groups in total. The highest BCUT2D eigenvalue weighted by molar-refractivity contribution is 7.80. The zero-order valence-electron chi connectivity index (χ0n) is 12.8. The molecular formula is C16H17N3O3S. The van der Waals surface area contributed by atoms with Crippen LogP contribution in [0.25, 0.3) is 0 Å². The lowest BCUT2D eigenvalue weighted by Crippen LogP contribution is -2.31. The minimum atomic E-state index is -0.472. The Labute approximate surface area is 139 Å². The predicted molar refractivity (Wildman–Crippen MR) is 93.9 cm³/mol. The predicted octanol–water partition coefficient (Wildman–Crippen LogP) is 3.65. The number of nitro groups is 1. The molecule has 0 saturated carbocycles. The Bertz CT molecular complexity index is 707. The maximum Gasteiger partial charge on any atom is 0.273 e. The highest BCUT2D eigenvalue weighted by Crippen LogP contribution is 2.29. The van der Waals surface area contributed by atoms with Gasteiger partial charge in [-0.25, -0.2) is 0 Å². The number of anilines is 1. The van der Waals surface area contributed by atoms with Gasteiger partial charge >= 0.3 is 0 Å². The Balaban J connectivity index is 2.07. The van der Waals surface area contributed by atoms with E-state index in [0.29, 0.717) is 16.5 Å². The van der Waals surface area contributed by atoms with Crippen LogP contribution in [-0.4, -0.2) is 17.1 Å². The number of hydrogen-bond acceptors (Lipinski definition) is 4. The number of benzene rings is 2. The molecule has 120 valence electrons. The van der Waals surface area contributed by atoms with Gasteiger partial charge < -0.3 is 15.4 Å². The maximum absolute atomic E-state index is 10.8. The van der Waals surface area contributed by atoms with Crippen LogP contribution in [0.4, 0.5) is 11.4 Å². The number of thiocarbonyl (C=S) groups is 1. The first-order valence-electron chi connectivity index (χ1n) is 6.96. The molecule has 2 rings (SSSR count). The molecule has 0 aliphatic heterocycles. The molecule has 0 aliphatic rings. The number of methoxy groups -OCH3 is 1. The van der Waals surface area contributed by atoms with E-state index in [9.17, 15) is 10.1 Å². The van der Waals surface area contributed by atoms with Crippen molar-refractivity contribution in [2.24, 2.45) is 0 Å². The molecule has 0 aliphatic carbocycles. The van der Waals surface area contributed by atoms with Crippen LogP contribution < -0.4 is 15.4 Å². The minimum Gasteiger partial charge on any atom is -0.494 e. The average molecular weight is 331 g/mol. The van der Waals surface area contributed by atoms with Gasteiger partial charge in [0.15, 0.2) is 5.11 Å². The van der Waals surface area contributed by atoms with Gasteiger partial charge in [-0.1, -0.05) is 30.3 Å². The molecule has 0 saturated heterocycles. The summed E-state index contributed by atoms with van der Waals surface area (Å²) in [5.74, 6) is 0.357. The third-order valence-electron chi connectivity index (χ3n) is 3.29. The first-order valence-corrected chi connectivity index (χ1v) is 7.37. The largest absolute Gasteiger partial charge is 0.494 e. The van der Waals surface area contributed by atoms with E-state index in [1.165, 1.54) is 19.2 Å². The average Bonchev–Trinajstić information content (AvgIpc) is 2.55. The number of rotatable bonds is 5. The van der Waals surface area contributed by atoms with Crippen LogP contribution in [0, 0.1) is 10.1 Å². The Kier molecular flexibility index (Phi) is 5.48. The number of nitrogens with one attached hydrogen (secondary N) is 2. The van der Waals surface area contributed by atoms with E-state index in [2.05, 4.69) is 10.6 Å². The topological polar surface area (TPSA) is 76.4 Å². The molecule has 0 amide bonds. The summed E-state index contributed by atoms with van der Waals surface area (Å²) >= 11 is 5.29. The van der Waals surface area contributed by atoms with Crippen LogP contribution in [0.15, 0.2) is 48.5 Å². The zero-order chi connectivity index (χ0) is 16.8. The number of nitrogens with zero attached hydrogens (tertiary/aromatic N) is 1. The SMILES string of the molecule is COc1cc([N+](=O)[O-])ccc1NC(=S)NC(C)c1ccccc1. The Morgan fingerprint density at radius 2 is 1.96 bits per heavy atom. The summed E-state index contributed by atoms with van der Waals surface area (Å²) in [7, 11) is 1.45. The van der Waals surface area contributed by atoms with Gasteiger partial charge in [-0.05, 0) is 30.8 Å². The van der Waals surface area contributed by atoms with Crippen LogP contribution in [0.3, 0.4) is 0 Å². The monoisotopic (exact) mass is 331 g/mol. The zero-order valence-corrected chi connectivity index (χ0v) is 13.6. The molecule has 2 aromatic rings. The molecule has 0 radical (unpaired) electrons. The maximum atomic E-state index is 10.8. The number of hydrogen-bond donors (Lipinski definition) is 2. The van der Waals surface area contributed by atoms with Gasteiger partial charge in [-0.15, -0.1) is 0 Å². The number of ether oxygens (including phenoxy) is 1. The Hall–Kier alpha value is -2.67. The van der Waals surface area contributed by atoms with Crippen molar-refractivity contribution in [2.45, 2.75) is 13.0 Å². The molecule has 6 nitrogen and oxygen atoms in total. The second-order valence-corrected chi connectivity index (χ2v) is 5.28. The summed E-state index contributed by atoms with van der Waals surface area (Å²) in [6, 6.07) is 14.2. The van der Waals surface area contributed by atoms with Gasteiger partial charge in [0.25, 0.3) is 5.69 Å². The van der Waals surface area contributed by atoms with E-state index in [0.717, 1.165) is 5.56 Å². The van der Waals surface area contributed by atoms with Crippen LogP contribution >= 0.6 is 12.2 Å². The molecule has 23 heavy (non-hydrogen) atoms. The fourth-order valence-corrected chi connectivity index (χ4v) is 2.36. The van der Waals surface area contributed by atoms with Gasteiger partial charge in [0.05, 0.1) is 29.8 Å². The third-order valence-corrected chi connectivity index (χ3v) is 3.51. The van der Waals surface area contributed by atoms with Gasteiger partial charge in [-0.2, -0.15) is 0 Å². The summed E-state index contributed by atoms with van der Waals surface area (Å²) in [6.07, 6.45) is 0. The standard InChI is InChI=1S/C16H17N3O3S/c1-11(12-6-4-3-5-7-12)17-16(23)18-14-9-8-13(19(20)21)10-15(14)22-2/h3-11H,1-2H3,(H2,17,18,23). The van der Waals surface area contributed by atoms with E-state index in [1.54, 1.807) is 6.07 Å². The van der Waals surface area contributed by atoms with Crippen molar-refractivity contribution in [3.05, 3.63) is 64.2 Å². The molecule has 0 spiro atoms. The number of nitro benzene ring substituents is 1. The highest BCUT2D eigenvalue weighted by atomic mass is 32.1. The van der Waals surface area contributed by atoms with E-state index < -0.39 is 4.92 Å². The lowest BCUT2D eigenvalue weighted by Gasteiger charge is -2.18. The second kappa shape index (κ2) is 7.55. The number of non-ortho nitro benzene ring substituents is 1. The van der Waals surface area contributed by atoms with Crippen LogP contribution in [-0.2, 0) is 0 Å². The first-order chi connectivity index (χ1) is 11.0. The van der Waals surface area contributed by atoms with Gasteiger partial charge in [-0.3, -0.25) is 10.1 Å². The van der Waals surface area contributed by atoms with E-state index >= 15 is 0 Å². The molecule has 7 heteroatoms. The van der Waals surface area contributed by atoms with Crippen molar-refractivity contribution in [3.63, 3.8) is 0 Å². The van der Waals surface area contributed by atoms with Crippen LogP contribution in [0.2, 0.25) is 0 Å². The van der Waals surface area contributed by atoms with Gasteiger partial charge in [0.1, 0.15) is 5.75 Å². The molecule has 0 fully saturated rings. The smallest absolute Gasteiger partial charge is 0.273 e. The third kappa shape index (κ3) is 4.40. The Morgan fingerprint density at radius 1 is 1.26 bits per heavy atom. The van der Waals surface area contributed by atoms with Crippen molar-refractivity contribution in [1.29, 1.82) is 0 Å². The normalized spacial score (nSPS) is 11.4. The Morgan fingerprint density at radius 3 is 2.57 bits per heavy atom. The van der Waals surface area contributed by atoms with Crippen LogP contribution in [0.5, 0.6) is 5.75 Å². The molecule has 0 aromatic heterocycles. The summed E-state index contributed by atoms with van der Waals surface area (Å²) in [5.41, 5.74) is 1.63. The van der Waals surface area contributed by atoms with E-state index in [-0.39, 0.29) is 11.7 Å². The first kappa shape index (κ1) is 16.7. The quantitative estimate of drug-likeness (QED) is 0.495. The van der Waals surface area contributed by atoms with Crippen molar-refractivity contribution < 1.29 is 9.66 Å². The van der Waals surface area contributed by atoms with Crippen molar-refractivity contribution in [2.75, 3.05) is 12.4 Å². The summed E-state index contributed by atoms with van der Waals surface area (Å²) in [4.78, 5) is 10.3. The molecule has 1 atom stereocenters. The molecule has 2 aromatic carbocycles.